The maximum atomic E-state index is 4.70. The van der Waals surface area contributed by atoms with Crippen LogP contribution >= 0.6 is 0 Å². The number of aromatic nitrogens is 1. The lowest BCUT2D eigenvalue weighted by molar-refractivity contribution is 0.598. The van der Waals surface area contributed by atoms with Crippen LogP contribution in [0.3, 0.4) is 0 Å². The molecule has 0 radical (unpaired) electrons. The Morgan fingerprint density at radius 1 is 1.31 bits per heavy atom. The third-order valence-electron chi connectivity index (χ3n) is 3.72. The number of hydrogen-bond acceptors (Lipinski definition) is 3. The third kappa shape index (κ3) is 1.64. The number of rotatable bonds is 1. The van der Waals surface area contributed by atoms with Gasteiger partial charge in [-0.2, -0.15) is 0 Å². The summed E-state index contributed by atoms with van der Waals surface area (Å²) >= 11 is 0. The second-order valence-corrected chi connectivity index (χ2v) is 4.88. The van der Waals surface area contributed by atoms with Gasteiger partial charge in [0.05, 0.1) is 5.69 Å². The molecule has 0 aromatic carbocycles. The minimum Gasteiger partial charge on any atom is -0.380 e. The Morgan fingerprint density at radius 2 is 2.12 bits per heavy atom. The first-order valence-electron chi connectivity index (χ1n) is 6.33. The Balaban J connectivity index is 1.94. The van der Waals surface area contributed by atoms with E-state index < -0.39 is 0 Å². The van der Waals surface area contributed by atoms with Crippen LogP contribution in [0.1, 0.15) is 31.4 Å². The molecular formula is C13H19N3. The summed E-state index contributed by atoms with van der Waals surface area (Å²) in [6.07, 6.45) is 5.45. The molecule has 0 bridgehead atoms. The van der Waals surface area contributed by atoms with Crippen molar-refractivity contribution < 1.29 is 0 Å². The van der Waals surface area contributed by atoms with Crippen LogP contribution in [0, 0.1) is 6.92 Å². The summed E-state index contributed by atoms with van der Waals surface area (Å²) in [7, 11) is 0. The molecule has 1 aliphatic carbocycles. The maximum absolute atomic E-state index is 4.70. The van der Waals surface area contributed by atoms with Gasteiger partial charge in [0.15, 0.2) is 5.82 Å². The van der Waals surface area contributed by atoms with Gasteiger partial charge in [-0.05, 0) is 31.9 Å². The van der Waals surface area contributed by atoms with E-state index in [9.17, 15) is 0 Å². The Bertz CT molecular complexity index is 383. The van der Waals surface area contributed by atoms with Crippen molar-refractivity contribution in [2.24, 2.45) is 0 Å². The van der Waals surface area contributed by atoms with Gasteiger partial charge in [-0.25, -0.2) is 4.98 Å². The molecular weight excluding hydrogens is 198 g/mol. The fourth-order valence-corrected chi connectivity index (χ4v) is 2.89. The Hall–Kier alpha value is -1.25. The monoisotopic (exact) mass is 217 g/mol. The summed E-state index contributed by atoms with van der Waals surface area (Å²) in [6, 6.07) is 4.98. The fourth-order valence-electron chi connectivity index (χ4n) is 2.89. The van der Waals surface area contributed by atoms with Crippen molar-refractivity contribution in [2.75, 3.05) is 23.3 Å². The third-order valence-corrected chi connectivity index (χ3v) is 3.72. The predicted molar refractivity (Wildman–Crippen MR) is 67.1 cm³/mol. The smallest absolute Gasteiger partial charge is 0.152 e. The molecule has 86 valence electrons. The quantitative estimate of drug-likeness (QED) is 0.783. The Morgan fingerprint density at radius 3 is 2.94 bits per heavy atom. The summed E-state index contributed by atoms with van der Waals surface area (Å²) in [5, 5.41) is 3.44. The van der Waals surface area contributed by atoms with Crippen LogP contribution in [0.4, 0.5) is 11.5 Å². The van der Waals surface area contributed by atoms with Gasteiger partial charge in [0.25, 0.3) is 0 Å². The molecule has 1 aromatic heterocycles. The summed E-state index contributed by atoms with van der Waals surface area (Å²) in [5.41, 5.74) is 2.33. The number of nitrogens with zero attached hydrogens (tertiary/aromatic N) is 2. The summed E-state index contributed by atoms with van der Waals surface area (Å²) in [4.78, 5) is 7.22. The van der Waals surface area contributed by atoms with Crippen LogP contribution in [0.15, 0.2) is 12.1 Å². The van der Waals surface area contributed by atoms with E-state index in [0.717, 1.165) is 24.8 Å². The number of pyridine rings is 1. The lowest BCUT2D eigenvalue weighted by Gasteiger charge is -2.35. The maximum Gasteiger partial charge on any atom is 0.152 e. The lowest BCUT2D eigenvalue weighted by Crippen LogP contribution is -2.41. The molecule has 1 aromatic rings. The van der Waals surface area contributed by atoms with Gasteiger partial charge in [-0.1, -0.05) is 12.8 Å². The van der Waals surface area contributed by atoms with Crippen molar-refractivity contribution in [3.8, 4) is 0 Å². The van der Waals surface area contributed by atoms with Crippen molar-refractivity contribution in [3.63, 3.8) is 0 Å². The second kappa shape index (κ2) is 3.96. The van der Waals surface area contributed by atoms with E-state index in [-0.39, 0.29) is 0 Å². The predicted octanol–water partition coefficient (Wildman–Crippen LogP) is 2.56. The zero-order valence-electron chi connectivity index (χ0n) is 9.87. The molecule has 0 spiro atoms. The van der Waals surface area contributed by atoms with E-state index in [1.165, 1.54) is 37.2 Å². The van der Waals surface area contributed by atoms with Crippen LogP contribution in [0.2, 0.25) is 0 Å². The van der Waals surface area contributed by atoms with E-state index in [1.54, 1.807) is 0 Å². The van der Waals surface area contributed by atoms with Gasteiger partial charge in [-0.3, -0.25) is 0 Å². The molecule has 0 unspecified atom stereocenters. The van der Waals surface area contributed by atoms with Gasteiger partial charge in [0.1, 0.15) is 0 Å². The van der Waals surface area contributed by atoms with Gasteiger partial charge < -0.3 is 10.2 Å². The highest BCUT2D eigenvalue weighted by atomic mass is 15.3. The zero-order chi connectivity index (χ0) is 11.0. The van der Waals surface area contributed by atoms with Gasteiger partial charge in [0, 0.05) is 24.8 Å². The van der Waals surface area contributed by atoms with E-state index in [2.05, 4.69) is 29.3 Å². The molecule has 1 saturated carbocycles. The van der Waals surface area contributed by atoms with Crippen molar-refractivity contribution in [1.29, 1.82) is 0 Å². The molecule has 0 atom stereocenters. The molecule has 1 N–H and O–H groups in total. The van der Waals surface area contributed by atoms with E-state index in [4.69, 9.17) is 4.98 Å². The van der Waals surface area contributed by atoms with Crippen molar-refractivity contribution in [1.82, 2.24) is 4.98 Å². The lowest BCUT2D eigenvalue weighted by atomic mass is 10.1. The molecule has 2 heterocycles. The van der Waals surface area contributed by atoms with Gasteiger partial charge in [-0.15, -0.1) is 0 Å². The van der Waals surface area contributed by atoms with Crippen LogP contribution in [-0.2, 0) is 0 Å². The largest absolute Gasteiger partial charge is 0.380 e. The summed E-state index contributed by atoms with van der Waals surface area (Å²) < 4.78 is 0. The molecule has 1 aliphatic heterocycles. The van der Waals surface area contributed by atoms with Gasteiger partial charge in [0.2, 0.25) is 0 Å². The SMILES string of the molecule is Cc1ccc2c(n1)N(C1CCCC1)CCN2. The van der Waals surface area contributed by atoms with E-state index in [0.29, 0.717) is 0 Å². The summed E-state index contributed by atoms with van der Waals surface area (Å²) in [6.45, 7) is 4.23. The molecule has 2 aliphatic rings. The first-order valence-corrected chi connectivity index (χ1v) is 6.33. The van der Waals surface area contributed by atoms with Gasteiger partial charge >= 0.3 is 0 Å². The fraction of sp³-hybridized carbons (Fsp3) is 0.615. The highest BCUT2D eigenvalue weighted by Crippen LogP contribution is 2.33. The minimum absolute atomic E-state index is 0.732. The van der Waals surface area contributed by atoms with E-state index >= 15 is 0 Å². The molecule has 3 nitrogen and oxygen atoms in total. The van der Waals surface area contributed by atoms with Crippen LogP contribution in [0.25, 0.3) is 0 Å². The minimum atomic E-state index is 0.732. The van der Waals surface area contributed by atoms with Crippen LogP contribution in [0.5, 0.6) is 0 Å². The standard InChI is InChI=1S/C13H19N3/c1-10-6-7-12-13(15-10)16(9-8-14-12)11-4-2-3-5-11/h6-7,11,14H,2-5,8-9H2,1H3. The average Bonchev–Trinajstić information content (AvgIpc) is 2.81. The van der Waals surface area contributed by atoms with Crippen molar-refractivity contribution in [2.45, 2.75) is 38.6 Å². The molecule has 0 amide bonds. The highest BCUT2D eigenvalue weighted by molar-refractivity contribution is 5.68. The normalized spacial score (nSPS) is 20.7. The Kier molecular flexibility index (Phi) is 2.46. The average molecular weight is 217 g/mol. The van der Waals surface area contributed by atoms with Crippen molar-refractivity contribution >= 4 is 11.5 Å². The number of anilines is 2. The zero-order valence-corrected chi connectivity index (χ0v) is 9.87. The van der Waals surface area contributed by atoms with Crippen molar-refractivity contribution in [3.05, 3.63) is 17.8 Å². The van der Waals surface area contributed by atoms with Crippen LogP contribution in [-0.4, -0.2) is 24.1 Å². The molecule has 3 heteroatoms. The highest BCUT2D eigenvalue weighted by Gasteiger charge is 2.27. The molecule has 0 saturated heterocycles. The summed E-state index contributed by atoms with van der Waals surface area (Å²) in [5.74, 6) is 1.18. The molecule has 3 rings (SSSR count). The molecule has 1 fully saturated rings. The molecule has 16 heavy (non-hydrogen) atoms. The first kappa shape index (κ1) is 9.94. The number of aryl methyl sites for hydroxylation is 1. The topological polar surface area (TPSA) is 28.2 Å². The Labute approximate surface area is 96.9 Å². The second-order valence-electron chi connectivity index (χ2n) is 4.88. The van der Waals surface area contributed by atoms with E-state index in [1.807, 2.05) is 0 Å². The number of hydrogen-bond donors (Lipinski definition) is 1. The first-order chi connectivity index (χ1) is 7.84. The number of fused-ring (bicyclic) bond motifs is 1. The number of nitrogens with one attached hydrogen (secondary N) is 1. The van der Waals surface area contributed by atoms with Crippen LogP contribution < -0.4 is 10.2 Å².